The van der Waals surface area contributed by atoms with E-state index in [0.29, 0.717) is 16.9 Å². The maximum Gasteiger partial charge on any atom is 0.257 e. The minimum atomic E-state index is -0.179. The summed E-state index contributed by atoms with van der Waals surface area (Å²) in [6, 6.07) is 13.2. The topological polar surface area (TPSA) is 98.8 Å². The van der Waals surface area contributed by atoms with Crippen LogP contribution in [-0.2, 0) is 0 Å². The van der Waals surface area contributed by atoms with Crippen molar-refractivity contribution in [1.29, 1.82) is 0 Å². The highest BCUT2D eigenvalue weighted by Crippen LogP contribution is 2.23. The third-order valence-corrected chi connectivity index (χ3v) is 5.34. The van der Waals surface area contributed by atoms with Crippen molar-refractivity contribution in [2.75, 3.05) is 28.6 Å². The van der Waals surface area contributed by atoms with Gasteiger partial charge in [0.2, 0.25) is 5.95 Å². The molecule has 5 rings (SSSR count). The van der Waals surface area contributed by atoms with Gasteiger partial charge in [0.1, 0.15) is 11.5 Å². The van der Waals surface area contributed by atoms with Gasteiger partial charge in [-0.2, -0.15) is 4.98 Å². The SMILES string of the molecule is Cc1cc(Nc2ccc(NC(=O)c3c[nH]c4ncccc34)cc2)nc(N2CCCC2)n1. The molecule has 156 valence electrons. The molecule has 1 fully saturated rings. The Morgan fingerprint density at radius 3 is 2.65 bits per heavy atom. The van der Waals surface area contributed by atoms with E-state index in [1.54, 1.807) is 12.4 Å². The second-order valence-corrected chi connectivity index (χ2v) is 7.65. The number of hydrogen-bond donors (Lipinski definition) is 3. The van der Waals surface area contributed by atoms with Gasteiger partial charge in [-0.25, -0.2) is 9.97 Å². The molecule has 0 saturated carbocycles. The number of H-pyrrole nitrogens is 1. The van der Waals surface area contributed by atoms with Crippen molar-refractivity contribution >= 4 is 40.1 Å². The molecule has 3 aromatic heterocycles. The van der Waals surface area contributed by atoms with Gasteiger partial charge >= 0.3 is 0 Å². The van der Waals surface area contributed by atoms with E-state index in [9.17, 15) is 4.79 Å². The van der Waals surface area contributed by atoms with E-state index in [1.165, 1.54) is 12.8 Å². The first-order valence-corrected chi connectivity index (χ1v) is 10.4. The van der Waals surface area contributed by atoms with E-state index in [4.69, 9.17) is 0 Å². The van der Waals surface area contributed by atoms with Gasteiger partial charge in [0.05, 0.1) is 5.56 Å². The second-order valence-electron chi connectivity index (χ2n) is 7.65. The van der Waals surface area contributed by atoms with Crippen molar-refractivity contribution in [2.24, 2.45) is 0 Å². The maximum atomic E-state index is 12.7. The molecule has 1 saturated heterocycles. The fourth-order valence-electron chi connectivity index (χ4n) is 3.80. The molecule has 0 aliphatic carbocycles. The number of carbonyl (C=O) groups is 1. The number of aryl methyl sites for hydroxylation is 1. The second kappa shape index (κ2) is 8.06. The molecule has 1 aliphatic rings. The van der Waals surface area contributed by atoms with Gasteiger partial charge < -0.3 is 20.5 Å². The molecule has 31 heavy (non-hydrogen) atoms. The lowest BCUT2D eigenvalue weighted by Gasteiger charge is -2.17. The first-order chi connectivity index (χ1) is 15.2. The number of fused-ring (bicyclic) bond motifs is 1. The number of amides is 1. The van der Waals surface area contributed by atoms with Crippen molar-refractivity contribution in [1.82, 2.24) is 19.9 Å². The summed E-state index contributed by atoms with van der Waals surface area (Å²) in [4.78, 5) is 31.4. The van der Waals surface area contributed by atoms with Crippen LogP contribution in [0, 0.1) is 6.92 Å². The van der Waals surface area contributed by atoms with Crippen LogP contribution in [0.4, 0.5) is 23.1 Å². The molecular weight excluding hydrogens is 390 g/mol. The fourth-order valence-corrected chi connectivity index (χ4v) is 3.80. The highest BCUT2D eigenvalue weighted by molar-refractivity contribution is 6.12. The van der Waals surface area contributed by atoms with Crippen LogP contribution in [0.15, 0.2) is 54.9 Å². The van der Waals surface area contributed by atoms with Crippen LogP contribution < -0.4 is 15.5 Å². The summed E-state index contributed by atoms with van der Waals surface area (Å²) in [6.45, 7) is 3.98. The molecule has 4 heterocycles. The molecule has 0 bridgehead atoms. The smallest absolute Gasteiger partial charge is 0.257 e. The summed E-state index contributed by atoms with van der Waals surface area (Å²) < 4.78 is 0. The number of pyridine rings is 1. The van der Waals surface area contributed by atoms with Gasteiger partial charge in [0, 0.05) is 54.0 Å². The lowest BCUT2D eigenvalue weighted by Crippen LogP contribution is -2.21. The third-order valence-electron chi connectivity index (χ3n) is 5.34. The van der Waals surface area contributed by atoms with Crippen molar-refractivity contribution < 1.29 is 4.79 Å². The number of anilines is 4. The van der Waals surface area contributed by atoms with Crippen LogP contribution in [0.2, 0.25) is 0 Å². The monoisotopic (exact) mass is 413 g/mol. The van der Waals surface area contributed by atoms with Gasteiger partial charge in [-0.05, 0) is 56.2 Å². The zero-order valence-electron chi connectivity index (χ0n) is 17.2. The zero-order chi connectivity index (χ0) is 21.2. The predicted octanol–water partition coefficient (Wildman–Crippen LogP) is 4.26. The van der Waals surface area contributed by atoms with Crippen molar-refractivity contribution in [3.63, 3.8) is 0 Å². The van der Waals surface area contributed by atoms with E-state index in [2.05, 4.69) is 35.5 Å². The van der Waals surface area contributed by atoms with Crippen LogP contribution in [0.3, 0.4) is 0 Å². The summed E-state index contributed by atoms with van der Waals surface area (Å²) >= 11 is 0. The standard InChI is InChI=1S/C23H23N7O/c1-15-13-20(29-23(26-15)30-11-2-3-12-30)27-16-6-8-17(9-7-16)28-22(31)19-14-25-21-18(19)5-4-10-24-21/h4-10,13-14H,2-3,11-12H2,1H3,(H,24,25)(H,28,31)(H,26,27,29). The van der Waals surface area contributed by atoms with Gasteiger partial charge in [-0.3, -0.25) is 4.79 Å². The molecule has 1 aliphatic heterocycles. The van der Waals surface area contributed by atoms with Crippen LogP contribution in [0.5, 0.6) is 0 Å². The first kappa shape index (κ1) is 19.0. The molecule has 0 atom stereocenters. The number of rotatable bonds is 5. The average Bonchev–Trinajstić information content (AvgIpc) is 3.45. The van der Waals surface area contributed by atoms with Crippen molar-refractivity contribution in [2.45, 2.75) is 19.8 Å². The fraction of sp³-hybridized carbons (Fsp3) is 0.217. The molecule has 1 amide bonds. The Kier molecular flexibility index (Phi) is 4.95. The molecule has 0 unspecified atom stereocenters. The Balaban J connectivity index is 1.29. The molecule has 4 aromatic rings. The summed E-state index contributed by atoms with van der Waals surface area (Å²) in [7, 11) is 0. The van der Waals surface area contributed by atoms with Crippen LogP contribution >= 0.6 is 0 Å². The molecule has 0 spiro atoms. The van der Waals surface area contributed by atoms with Gasteiger partial charge in [0.25, 0.3) is 5.91 Å². The third kappa shape index (κ3) is 4.05. The van der Waals surface area contributed by atoms with E-state index in [0.717, 1.165) is 41.6 Å². The number of carbonyl (C=O) groups excluding carboxylic acids is 1. The van der Waals surface area contributed by atoms with Crippen LogP contribution in [0.25, 0.3) is 11.0 Å². The van der Waals surface area contributed by atoms with Crippen LogP contribution in [-0.4, -0.2) is 38.9 Å². The highest BCUT2D eigenvalue weighted by atomic mass is 16.1. The van der Waals surface area contributed by atoms with Gasteiger partial charge in [0.15, 0.2) is 0 Å². The highest BCUT2D eigenvalue weighted by Gasteiger charge is 2.16. The van der Waals surface area contributed by atoms with Crippen LogP contribution in [0.1, 0.15) is 28.9 Å². The molecule has 8 heteroatoms. The Labute approximate surface area is 179 Å². The number of nitrogens with one attached hydrogen (secondary N) is 3. The Hall–Kier alpha value is -3.94. The Morgan fingerprint density at radius 2 is 1.84 bits per heavy atom. The van der Waals surface area contributed by atoms with E-state index in [1.807, 2.05) is 49.4 Å². The lowest BCUT2D eigenvalue weighted by molar-refractivity contribution is 0.102. The normalized spacial score (nSPS) is 13.5. The quantitative estimate of drug-likeness (QED) is 0.452. The Bertz CT molecular complexity index is 1230. The molecular formula is C23H23N7O. The van der Waals surface area contributed by atoms with E-state index in [-0.39, 0.29) is 5.91 Å². The van der Waals surface area contributed by atoms with Gasteiger partial charge in [-0.15, -0.1) is 0 Å². The lowest BCUT2D eigenvalue weighted by atomic mass is 10.2. The molecule has 3 N–H and O–H groups in total. The average molecular weight is 413 g/mol. The summed E-state index contributed by atoms with van der Waals surface area (Å²) in [5, 5.41) is 7.07. The molecule has 0 radical (unpaired) electrons. The minimum Gasteiger partial charge on any atom is -0.345 e. The number of aromatic nitrogens is 4. The molecule has 8 nitrogen and oxygen atoms in total. The van der Waals surface area contributed by atoms with E-state index < -0.39 is 0 Å². The summed E-state index contributed by atoms with van der Waals surface area (Å²) in [5.74, 6) is 1.36. The van der Waals surface area contributed by atoms with E-state index >= 15 is 0 Å². The van der Waals surface area contributed by atoms with Crippen molar-refractivity contribution in [3.05, 3.63) is 66.1 Å². The number of hydrogen-bond acceptors (Lipinski definition) is 6. The zero-order valence-corrected chi connectivity index (χ0v) is 17.2. The number of aromatic amines is 1. The number of nitrogens with zero attached hydrogens (tertiary/aromatic N) is 4. The summed E-state index contributed by atoms with van der Waals surface area (Å²) in [6.07, 6.45) is 5.74. The predicted molar refractivity (Wildman–Crippen MR) is 122 cm³/mol. The first-order valence-electron chi connectivity index (χ1n) is 10.4. The molecule has 1 aromatic carbocycles. The van der Waals surface area contributed by atoms with Gasteiger partial charge in [-0.1, -0.05) is 0 Å². The number of benzene rings is 1. The Morgan fingerprint density at radius 1 is 1.06 bits per heavy atom. The largest absolute Gasteiger partial charge is 0.345 e. The minimum absolute atomic E-state index is 0.179. The van der Waals surface area contributed by atoms with Crippen molar-refractivity contribution in [3.8, 4) is 0 Å². The summed E-state index contributed by atoms with van der Waals surface area (Å²) in [5.41, 5.74) is 3.79. The maximum absolute atomic E-state index is 12.7.